The highest BCUT2D eigenvalue weighted by Gasteiger charge is 2.17. The number of anilines is 1. The molecule has 1 amide bonds. The second-order valence-electron chi connectivity index (χ2n) is 4.19. The summed E-state index contributed by atoms with van der Waals surface area (Å²) >= 11 is 0. The molecule has 2 rings (SSSR count). The molecule has 0 bridgehead atoms. The van der Waals surface area contributed by atoms with Crippen molar-refractivity contribution in [2.45, 2.75) is 20.3 Å². The number of hydrogen-bond acceptors (Lipinski definition) is 3. The van der Waals surface area contributed by atoms with Gasteiger partial charge in [0.1, 0.15) is 5.76 Å². The number of aryl methyl sites for hydroxylation is 2. The minimum Gasteiger partial charge on any atom is -0.445 e. The number of halogens is 3. The van der Waals surface area contributed by atoms with Gasteiger partial charge in [0.2, 0.25) is 5.91 Å². The third kappa shape index (κ3) is 2.81. The standard InChI is InChI=1S/C13H11F3N2O2/c1-6-10(20-7(2)17-6)5-11(19)18-9-4-3-8(14)12(15)13(9)16/h3-4H,5H2,1-2H3,(H,18,19). The second kappa shape index (κ2) is 5.36. The Morgan fingerprint density at radius 2 is 1.95 bits per heavy atom. The zero-order valence-corrected chi connectivity index (χ0v) is 10.8. The third-order valence-corrected chi connectivity index (χ3v) is 2.63. The highest BCUT2D eigenvalue weighted by Crippen LogP contribution is 2.20. The molecule has 0 radical (unpaired) electrons. The zero-order chi connectivity index (χ0) is 14.9. The molecule has 1 aromatic carbocycles. The number of amides is 1. The minimum absolute atomic E-state index is 0.175. The van der Waals surface area contributed by atoms with Crippen molar-refractivity contribution in [3.8, 4) is 0 Å². The highest BCUT2D eigenvalue weighted by molar-refractivity contribution is 5.92. The predicted molar refractivity (Wildman–Crippen MR) is 64.6 cm³/mol. The maximum atomic E-state index is 13.4. The molecule has 2 aromatic rings. The van der Waals surface area contributed by atoms with E-state index in [9.17, 15) is 18.0 Å². The van der Waals surface area contributed by atoms with Crippen LogP contribution in [0.25, 0.3) is 0 Å². The summed E-state index contributed by atoms with van der Waals surface area (Å²) in [5, 5.41) is 2.15. The lowest BCUT2D eigenvalue weighted by molar-refractivity contribution is -0.115. The molecule has 1 heterocycles. The Bertz CT molecular complexity index is 668. The Morgan fingerprint density at radius 3 is 2.55 bits per heavy atom. The topological polar surface area (TPSA) is 55.1 Å². The van der Waals surface area contributed by atoms with Crippen LogP contribution < -0.4 is 5.32 Å². The summed E-state index contributed by atoms with van der Waals surface area (Å²) in [7, 11) is 0. The van der Waals surface area contributed by atoms with Gasteiger partial charge in [-0.15, -0.1) is 0 Å². The zero-order valence-electron chi connectivity index (χ0n) is 10.8. The Morgan fingerprint density at radius 1 is 1.25 bits per heavy atom. The summed E-state index contributed by atoms with van der Waals surface area (Å²) in [5.74, 6) is -4.26. The molecule has 106 valence electrons. The SMILES string of the molecule is Cc1nc(C)c(CC(=O)Nc2ccc(F)c(F)c2F)o1. The Labute approximate surface area is 112 Å². The van der Waals surface area contributed by atoms with Crippen molar-refractivity contribution in [2.24, 2.45) is 0 Å². The van der Waals surface area contributed by atoms with Crippen molar-refractivity contribution >= 4 is 11.6 Å². The lowest BCUT2D eigenvalue weighted by atomic mass is 10.2. The van der Waals surface area contributed by atoms with Gasteiger partial charge in [-0.05, 0) is 19.1 Å². The number of nitrogens with zero attached hydrogens (tertiary/aromatic N) is 1. The van der Waals surface area contributed by atoms with E-state index in [1.165, 1.54) is 0 Å². The number of oxazole rings is 1. The molecule has 0 spiro atoms. The average molecular weight is 284 g/mol. The quantitative estimate of drug-likeness (QED) is 0.882. The van der Waals surface area contributed by atoms with Gasteiger partial charge >= 0.3 is 0 Å². The molecular formula is C13H11F3N2O2. The summed E-state index contributed by atoms with van der Waals surface area (Å²) in [5.41, 5.74) is 0.117. The fourth-order valence-electron chi connectivity index (χ4n) is 1.70. The van der Waals surface area contributed by atoms with Gasteiger partial charge in [-0.1, -0.05) is 0 Å². The van der Waals surface area contributed by atoms with Gasteiger partial charge in [0.05, 0.1) is 17.8 Å². The van der Waals surface area contributed by atoms with E-state index >= 15 is 0 Å². The van der Waals surface area contributed by atoms with Gasteiger partial charge in [-0.25, -0.2) is 18.2 Å². The molecule has 0 aliphatic heterocycles. The van der Waals surface area contributed by atoms with Gasteiger partial charge in [0, 0.05) is 6.92 Å². The van der Waals surface area contributed by atoms with Crippen LogP contribution in [0.1, 0.15) is 17.3 Å². The molecular weight excluding hydrogens is 273 g/mol. The molecule has 1 N–H and O–H groups in total. The van der Waals surface area contributed by atoms with Crippen molar-refractivity contribution in [3.63, 3.8) is 0 Å². The van der Waals surface area contributed by atoms with Gasteiger partial charge in [-0.3, -0.25) is 4.79 Å². The summed E-state index contributed by atoms with van der Waals surface area (Å²) in [6.07, 6.45) is -0.175. The smallest absolute Gasteiger partial charge is 0.232 e. The number of carbonyl (C=O) groups is 1. The first-order valence-electron chi connectivity index (χ1n) is 5.74. The molecule has 0 saturated carbocycles. The summed E-state index contributed by atoms with van der Waals surface area (Å²) in [4.78, 5) is 15.7. The first-order valence-corrected chi connectivity index (χ1v) is 5.74. The molecule has 0 saturated heterocycles. The molecule has 0 aliphatic carbocycles. The third-order valence-electron chi connectivity index (χ3n) is 2.63. The van der Waals surface area contributed by atoms with Crippen LogP contribution in [0.5, 0.6) is 0 Å². The molecule has 0 atom stereocenters. The lowest BCUT2D eigenvalue weighted by Gasteiger charge is -2.06. The summed E-state index contributed by atoms with van der Waals surface area (Å²) in [6.45, 7) is 3.29. The van der Waals surface area contributed by atoms with E-state index in [0.717, 1.165) is 12.1 Å². The number of benzene rings is 1. The van der Waals surface area contributed by atoms with Crippen molar-refractivity contribution in [1.29, 1.82) is 0 Å². The van der Waals surface area contributed by atoms with Crippen LogP contribution in [-0.2, 0) is 11.2 Å². The molecule has 0 unspecified atom stereocenters. The minimum atomic E-state index is -1.63. The highest BCUT2D eigenvalue weighted by atomic mass is 19.2. The van der Waals surface area contributed by atoms with Gasteiger partial charge < -0.3 is 9.73 Å². The average Bonchev–Trinajstić information content (AvgIpc) is 2.68. The number of carbonyl (C=O) groups excluding carboxylic acids is 1. The van der Waals surface area contributed by atoms with E-state index < -0.39 is 29.0 Å². The first kappa shape index (κ1) is 14.1. The Balaban J connectivity index is 2.13. The molecule has 7 heteroatoms. The van der Waals surface area contributed by atoms with Gasteiger partial charge in [-0.2, -0.15) is 0 Å². The number of nitrogens with one attached hydrogen (secondary N) is 1. The maximum Gasteiger partial charge on any atom is 0.232 e. The first-order chi connectivity index (χ1) is 9.38. The van der Waals surface area contributed by atoms with Gasteiger partial charge in [0.25, 0.3) is 0 Å². The van der Waals surface area contributed by atoms with Crippen LogP contribution in [0.3, 0.4) is 0 Å². The van der Waals surface area contributed by atoms with Crippen molar-refractivity contribution in [1.82, 2.24) is 4.98 Å². The van der Waals surface area contributed by atoms with E-state index in [2.05, 4.69) is 10.3 Å². The van der Waals surface area contributed by atoms with Crippen LogP contribution in [0.15, 0.2) is 16.5 Å². The molecule has 4 nitrogen and oxygen atoms in total. The van der Waals surface area contributed by atoms with Crippen molar-refractivity contribution in [3.05, 3.63) is 46.9 Å². The Kier molecular flexibility index (Phi) is 3.78. The second-order valence-corrected chi connectivity index (χ2v) is 4.19. The number of rotatable bonds is 3. The maximum absolute atomic E-state index is 13.4. The normalized spacial score (nSPS) is 10.7. The molecule has 20 heavy (non-hydrogen) atoms. The van der Waals surface area contributed by atoms with E-state index in [4.69, 9.17) is 4.42 Å². The van der Waals surface area contributed by atoms with Crippen LogP contribution in [-0.4, -0.2) is 10.9 Å². The summed E-state index contributed by atoms with van der Waals surface area (Å²) < 4.78 is 44.3. The van der Waals surface area contributed by atoms with Crippen LogP contribution in [0, 0.1) is 31.3 Å². The van der Waals surface area contributed by atoms with E-state index in [0.29, 0.717) is 17.3 Å². The van der Waals surface area contributed by atoms with Crippen LogP contribution in [0.2, 0.25) is 0 Å². The number of hydrogen-bond donors (Lipinski definition) is 1. The fourth-order valence-corrected chi connectivity index (χ4v) is 1.70. The Hall–Kier alpha value is -2.31. The molecule has 0 aliphatic rings. The van der Waals surface area contributed by atoms with Crippen molar-refractivity contribution in [2.75, 3.05) is 5.32 Å². The van der Waals surface area contributed by atoms with E-state index in [1.807, 2.05) is 0 Å². The largest absolute Gasteiger partial charge is 0.445 e. The van der Waals surface area contributed by atoms with Gasteiger partial charge in [0.15, 0.2) is 23.3 Å². The summed E-state index contributed by atoms with van der Waals surface area (Å²) in [6, 6.07) is 1.68. The van der Waals surface area contributed by atoms with Crippen LogP contribution >= 0.6 is 0 Å². The predicted octanol–water partition coefficient (Wildman–Crippen LogP) is 2.89. The fraction of sp³-hybridized carbons (Fsp3) is 0.231. The number of aromatic nitrogens is 1. The lowest BCUT2D eigenvalue weighted by Crippen LogP contribution is -2.16. The van der Waals surface area contributed by atoms with E-state index in [-0.39, 0.29) is 6.42 Å². The van der Waals surface area contributed by atoms with Crippen LogP contribution in [0.4, 0.5) is 18.9 Å². The van der Waals surface area contributed by atoms with E-state index in [1.54, 1.807) is 13.8 Å². The molecule has 1 aromatic heterocycles. The van der Waals surface area contributed by atoms with Crippen molar-refractivity contribution < 1.29 is 22.4 Å². The molecule has 0 fully saturated rings. The monoisotopic (exact) mass is 284 g/mol.